The molecule has 0 unspecified atom stereocenters. The van der Waals surface area contributed by atoms with Gasteiger partial charge in [0.1, 0.15) is 0 Å². The average molecular weight is 740 g/mol. The van der Waals surface area contributed by atoms with Crippen molar-refractivity contribution in [3.8, 4) is 0 Å². The van der Waals surface area contributed by atoms with E-state index >= 15 is 0 Å². The number of nitrogens with zero attached hydrogens (tertiary/aromatic N) is 6. The molecule has 6 aromatic rings. The normalized spacial score (nSPS) is 10.0. The molecule has 0 amide bonds. The fraction of sp³-hybridized carbons (Fsp3) is 0.235. The minimum atomic E-state index is -0.931. The summed E-state index contributed by atoms with van der Waals surface area (Å²) in [5.41, 5.74) is 8.86. The third-order valence-corrected chi connectivity index (χ3v) is 7.23. The second-order valence-electron chi connectivity index (χ2n) is 11.2. The number of fused-ring (bicyclic) bond motifs is 4. The van der Waals surface area contributed by atoms with E-state index in [1.54, 1.807) is 0 Å². The first-order chi connectivity index (χ1) is 20.5. The number of benzene rings is 4. The van der Waals surface area contributed by atoms with Crippen molar-refractivity contribution < 1.29 is 15.1 Å². The van der Waals surface area contributed by atoms with Crippen LogP contribution in [-0.4, -0.2) is 66.3 Å². The van der Waals surface area contributed by atoms with Gasteiger partial charge >= 0.3 is 34.5 Å². The molecule has 0 aliphatic rings. The Kier molecular flexibility index (Phi) is 14.7. The predicted molar refractivity (Wildman–Crippen MR) is 202 cm³/mol. The van der Waals surface area contributed by atoms with Gasteiger partial charge in [-0.1, -0.05) is 24.3 Å². The van der Waals surface area contributed by atoms with E-state index in [0.29, 0.717) is 0 Å². The van der Waals surface area contributed by atoms with Crippen molar-refractivity contribution in [2.24, 2.45) is 0 Å². The Morgan fingerprint density at radius 2 is 0.600 bits per heavy atom. The van der Waals surface area contributed by atoms with Gasteiger partial charge in [0.15, 0.2) is 0 Å². The van der Waals surface area contributed by atoms with Crippen molar-refractivity contribution in [1.29, 1.82) is 0 Å². The monoisotopic (exact) mass is 736 g/mol. The molecule has 45 heavy (non-hydrogen) atoms. The standard InChI is InChI=1S/2C17H19N3.4ClH.Zn/c2*1-19(2)14-7-5-12-9-13-6-8-15(20(3)4)11-17(13)18-16(12)10-14;;;;;/h2*5-11H,1-4H3;4*1H;/q;;;;;;+2/p-2. The summed E-state index contributed by atoms with van der Waals surface area (Å²) in [5.74, 6) is 0. The van der Waals surface area contributed by atoms with Gasteiger partial charge in [0.05, 0.1) is 22.1 Å². The van der Waals surface area contributed by atoms with E-state index in [1.807, 2.05) is 56.4 Å². The predicted octanol–water partition coefficient (Wildman–Crippen LogP) is 9.26. The second-order valence-corrected chi connectivity index (χ2v) is 15.8. The van der Waals surface area contributed by atoms with Gasteiger partial charge in [-0.05, 0) is 60.7 Å². The molecule has 11 heteroatoms. The van der Waals surface area contributed by atoms with Gasteiger partial charge in [-0.25, -0.2) is 9.97 Å². The molecule has 0 radical (unpaired) electrons. The van der Waals surface area contributed by atoms with Gasteiger partial charge in [-0.15, -0.1) is 24.8 Å². The van der Waals surface area contributed by atoms with Crippen LogP contribution < -0.4 is 19.6 Å². The number of pyridine rings is 2. The zero-order valence-electron chi connectivity index (χ0n) is 27.0. The molecule has 2 heterocycles. The van der Waals surface area contributed by atoms with Crippen molar-refractivity contribution in [2.45, 2.75) is 0 Å². The summed E-state index contributed by atoms with van der Waals surface area (Å²) >= 11 is -0.931. The fourth-order valence-electron chi connectivity index (χ4n) is 4.71. The van der Waals surface area contributed by atoms with Gasteiger partial charge in [0.25, 0.3) is 0 Å². The summed E-state index contributed by atoms with van der Waals surface area (Å²) in [4.78, 5) is 18.0. The molecule has 0 aliphatic carbocycles. The van der Waals surface area contributed by atoms with Crippen molar-refractivity contribution in [3.63, 3.8) is 0 Å². The van der Waals surface area contributed by atoms with E-state index in [4.69, 9.17) is 29.4 Å². The van der Waals surface area contributed by atoms with Gasteiger partial charge in [0.2, 0.25) is 0 Å². The van der Waals surface area contributed by atoms with E-state index in [0.717, 1.165) is 22.1 Å². The van der Waals surface area contributed by atoms with E-state index in [9.17, 15) is 0 Å². The Bertz CT molecular complexity index is 1600. The first kappa shape index (κ1) is 38.4. The maximum atomic E-state index is 4.95. The van der Waals surface area contributed by atoms with Crippen molar-refractivity contribution in [3.05, 3.63) is 84.9 Å². The molecule has 0 spiro atoms. The average Bonchev–Trinajstić information content (AvgIpc) is 2.98. The van der Waals surface area contributed by atoms with Crippen LogP contribution in [0.4, 0.5) is 22.7 Å². The Hall–Kier alpha value is -2.80. The molecule has 0 aliphatic heterocycles. The van der Waals surface area contributed by atoms with Gasteiger partial charge in [-0.3, -0.25) is 0 Å². The van der Waals surface area contributed by atoms with Crippen LogP contribution in [0.15, 0.2) is 84.9 Å². The number of halogens is 4. The van der Waals surface area contributed by atoms with Gasteiger partial charge in [-0.2, -0.15) is 0 Å². The summed E-state index contributed by atoms with van der Waals surface area (Å²) in [5, 5.41) is 4.72. The summed E-state index contributed by atoms with van der Waals surface area (Å²) in [6.07, 6.45) is 0. The van der Waals surface area contributed by atoms with E-state index < -0.39 is 15.1 Å². The van der Waals surface area contributed by atoms with E-state index in [1.165, 1.54) is 44.3 Å². The van der Waals surface area contributed by atoms with E-state index in [2.05, 4.69) is 105 Å². The van der Waals surface area contributed by atoms with E-state index in [-0.39, 0.29) is 24.8 Å². The third kappa shape index (κ3) is 9.60. The fourth-order valence-corrected chi connectivity index (χ4v) is 4.71. The summed E-state index contributed by atoms with van der Waals surface area (Å²) in [6.45, 7) is 0. The Labute approximate surface area is 294 Å². The molecule has 2 aromatic heterocycles. The Morgan fingerprint density at radius 3 is 0.778 bits per heavy atom. The van der Waals surface area contributed by atoms with Crippen LogP contribution in [0.1, 0.15) is 0 Å². The number of hydrogen-bond acceptors (Lipinski definition) is 6. The summed E-state index contributed by atoms with van der Waals surface area (Å²) in [7, 11) is 26.3. The second kappa shape index (κ2) is 17.2. The first-order valence-electron chi connectivity index (χ1n) is 14.0. The van der Waals surface area contributed by atoms with Crippen molar-refractivity contribution in [1.82, 2.24) is 9.97 Å². The molecule has 0 saturated heterocycles. The van der Waals surface area contributed by atoms with Gasteiger partial charge in [0, 0.05) is 101 Å². The third-order valence-electron chi connectivity index (χ3n) is 7.23. The zero-order valence-corrected chi connectivity index (χ0v) is 33.2. The molecule has 4 aromatic carbocycles. The molecular formula is C34H40Cl4N6Zn. The van der Waals surface area contributed by atoms with Crippen LogP contribution in [-0.2, 0) is 15.1 Å². The molecule has 6 rings (SSSR count). The Balaban J connectivity index is 0.000000277. The maximum absolute atomic E-state index is 4.95. The number of hydrogen-bond donors (Lipinski definition) is 0. The SMILES string of the molecule is CN(C)c1ccc2cc3ccc(N(C)C)cc3nc2c1.CN(C)c1ccc2cc3ccc(N(C)C)cc3nc2c1.Cl.Cl.[Cl][Zn][Cl]. The van der Waals surface area contributed by atoms with Crippen LogP contribution in [0.5, 0.6) is 0 Å². The Morgan fingerprint density at radius 1 is 0.400 bits per heavy atom. The van der Waals surface area contributed by atoms with Crippen LogP contribution in [0.25, 0.3) is 43.6 Å². The molecule has 236 valence electrons. The van der Waals surface area contributed by atoms with Crippen LogP contribution in [0, 0.1) is 0 Å². The first-order valence-corrected chi connectivity index (χ1v) is 21.8. The quantitative estimate of drug-likeness (QED) is 0.133. The molecule has 0 saturated carbocycles. The zero-order chi connectivity index (χ0) is 31.3. The number of rotatable bonds is 4. The van der Waals surface area contributed by atoms with Crippen LogP contribution in [0.2, 0.25) is 0 Å². The van der Waals surface area contributed by atoms with Crippen molar-refractivity contribution in [2.75, 3.05) is 76.0 Å². The molecule has 0 atom stereocenters. The van der Waals surface area contributed by atoms with Crippen LogP contribution >= 0.6 is 44.2 Å². The summed E-state index contributed by atoms with van der Waals surface area (Å²) < 4.78 is 0. The topological polar surface area (TPSA) is 38.7 Å². The molecule has 0 bridgehead atoms. The van der Waals surface area contributed by atoms with Crippen molar-refractivity contribution >= 4 is 111 Å². The molecule has 0 N–H and O–H groups in total. The van der Waals surface area contributed by atoms with Gasteiger partial charge < -0.3 is 19.6 Å². The number of aromatic nitrogens is 2. The molecular weight excluding hydrogens is 700 g/mol. The molecule has 6 nitrogen and oxygen atoms in total. The summed E-state index contributed by atoms with van der Waals surface area (Å²) in [6, 6.07) is 30.0. The number of anilines is 4. The minimum absolute atomic E-state index is 0. The molecule has 0 fully saturated rings. The van der Waals surface area contributed by atoms with Crippen LogP contribution in [0.3, 0.4) is 0 Å².